The fourth-order valence-corrected chi connectivity index (χ4v) is 3.77. The molecule has 2 amide bonds. The Bertz CT molecular complexity index is 798. The largest absolute Gasteiger partial charge is 0.345 e. The first kappa shape index (κ1) is 20.0. The maximum absolute atomic E-state index is 12.9. The summed E-state index contributed by atoms with van der Waals surface area (Å²) in [5, 5.41) is 7.20. The SMILES string of the molecule is Cc1n[nH]c(C)c1CCN(C)C(=O)[C@H]1CCC(=O)N(CCc2ccccn2)C1. The first-order valence-corrected chi connectivity index (χ1v) is 9.88. The van der Waals surface area contributed by atoms with Crippen molar-refractivity contribution in [2.75, 3.05) is 26.7 Å². The molecular weight excluding hydrogens is 354 g/mol. The van der Waals surface area contributed by atoms with Crippen LogP contribution in [0.4, 0.5) is 0 Å². The summed E-state index contributed by atoms with van der Waals surface area (Å²) in [4.78, 5) is 33.1. The van der Waals surface area contributed by atoms with Crippen LogP contribution in [0.25, 0.3) is 0 Å². The number of pyridine rings is 1. The third-order valence-corrected chi connectivity index (χ3v) is 5.57. The Morgan fingerprint density at radius 2 is 2.14 bits per heavy atom. The molecule has 0 aromatic carbocycles. The Morgan fingerprint density at radius 3 is 2.82 bits per heavy atom. The molecule has 0 unspecified atom stereocenters. The highest BCUT2D eigenvalue weighted by atomic mass is 16.2. The summed E-state index contributed by atoms with van der Waals surface area (Å²) >= 11 is 0. The zero-order valence-electron chi connectivity index (χ0n) is 16.9. The molecule has 0 radical (unpaired) electrons. The lowest BCUT2D eigenvalue weighted by Gasteiger charge is -2.34. The predicted octanol–water partition coefficient (Wildman–Crippen LogP) is 1.90. The van der Waals surface area contributed by atoms with Gasteiger partial charge in [-0.1, -0.05) is 6.07 Å². The summed E-state index contributed by atoms with van der Waals surface area (Å²) in [5.74, 6) is 0.124. The number of hydrogen-bond donors (Lipinski definition) is 1. The van der Waals surface area contributed by atoms with Crippen LogP contribution < -0.4 is 0 Å². The van der Waals surface area contributed by atoms with Crippen molar-refractivity contribution >= 4 is 11.8 Å². The number of rotatable bonds is 7. The number of piperidine rings is 1. The highest BCUT2D eigenvalue weighted by Gasteiger charge is 2.31. The van der Waals surface area contributed by atoms with E-state index in [0.29, 0.717) is 38.9 Å². The second kappa shape index (κ2) is 8.99. The fraction of sp³-hybridized carbons (Fsp3) is 0.524. The smallest absolute Gasteiger partial charge is 0.227 e. The Hall–Kier alpha value is -2.70. The quantitative estimate of drug-likeness (QED) is 0.792. The van der Waals surface area contributed by atoms with Gasteiger partial charge in [0.1, 0.15) is 0 Å². The van der Waals surface area contributed by atoms with Crippen molar-refractivity contribution in [3.63, 3.8) is 0 Å². The van der Waals surface area contributed by atoms with E-state index in [1.807, 2.05) is 44.0 Å². The molecule has 0 aliphatic carbocycles. The van der Waals surface area contributed by atoms with Crippen LogP contribution in [0.3, 0.4) is 0 Å². The molecule has 0 saturated carbocycles. The normalized spacial score (nSPS) is 17.0. The first-order valence-electron chi connectivity index (χ1n) is 9.88. The van der Waals surface area contributed by atoms with E-state index < -0.39 is 0 Å². The van der Waals surface area contributed by atoms with Gasteiger partial charge >= 0.3 is 0 Å². The van der Waals surface area contributed by atoms with Crippen molar-refractivity contribution in [3.05, 3.63) is 47.0 Å². The van der Waals surface area contributed by atoms with Crippen LogP contribution in [0.2, 0.25) is 0 Å². The van der Waals surface area contributed by atoms with Gasteiger partial charge in [0.05, 0.1) is 11.6 Å². The molecule has 7 heteroatoms. The van der Waals surface area contributed by atoms with E-state index in [1.165, 1.54) is 5.56 Å². The fourth-order valence-electron chi connectivity index (χ4n) is 3.77. The third kappa shape index (κ3) is 4.77. The van der Waals surface area contributed by atoms with Gasteiger partial charge in [0, 0.05) is 57.1 Å². The van der Waals surface area contributed by atoms with Gasteiger partial charge in [0.25, 0.3) is 0 Å². The molecule has 1 aliphatic heterocycles. The van der Waals surface area contributed by atoms with Crippen molar-refractivity contribution < 1.29 is 9.59 Å². The van der Waals surface area contributed by atoms with Crippen LogP contribution in [0.5, 0.6) is 0 Å². The standard InChI is InChI=1S/C21H29N5O2/c1-15-19(16(2)24-23-15)10-12-25(3)21(28)17-7-8-20(27)26(14-17)13-9-18-6-4-5-11-22-18/h4-6,11,17H,7-10,12-14H2,1-3H3,(H,23,24)/t17-/m0/s1. The molecule has 1 saturated heterocycles. The van der Waals surface area contributed by atoms with Crippen molar-refractivity contribution in [2.45, 2.75) is 39.5 Å². The van der Waals surface area contributed by atoms with Crippen LogP contribution in [0.15, 0.2) is 24.4 Å². The molecule has 7 nitrogen and oxygen atoms in total. The molecule has 1 aliphatic rings. The van der Waals surface area contributed by atoms with Crippen LogP contribution >= 0.6 is 0 Å². The van der Waals surface area contributed by atoms with Gasteiger partial charge in [-0.05, 0) is 44.4 Å². The predicted molar refractivity (Wildman–Crippen MR) is 107 cm³/mol. The highest BCUT2D eigenvalue weighted by molar-refractivity contribution is 5.83. The van der Waals surface area contributed by atoms with Crippen molar-refractivity contribution in [1.29, 1.82) is 0 Å². The topological polar surface area (TPSA) is 82.2 Å². The molecule has 2 aromatic rings. The van der Waals surface area contributed by atoms with E-state index in [0.717, 1.165) is 23.5 Å². The van der Waals surface area contributed by atoms with Crippen molar-refractivity contribution in [3.8, 4) is 0 Å². The number of carbonyl (C=O) groups is 2. The molecule has 28 heavy (non-hydrogen) atoms. The Balaban J connectivity index is 1.53. The molecule has 150 valence electrons. The van der Waals surface area contributed by atoms with Crippen molar-refractivity contribution in [1.82, 2.24) is 25.0 Å². The summed E-state index contributed by atoms with van der Waals surface area (Å²) in [5.41, 5.74) is 4.19. The molecule has 0 bridgehead atoms. The molecule has 2 aromatic heterocycles. The van der Waals surface area contributed by atoms with Gasteiger partial charge in [0.2, 0.25) is 11.8 Å². The van der Waals surface area contributed by atoms with Gasteiger partial charge in [-0.25, -0.2) is 0 Å². The van der Waals surface area contributed by atoms with E-state index in [4.69, 9.17) is 0 Å². The van der Waals surface area contributed by atoms with Crippen molar-refractivity contribution in [2.24, 2.45) is 5.92 Å². The second-order valence-corrected chi connectivity index (χ2v) is 7.57. The molecule has 1 atom stereocenters. The Labute approximate surface area is 166 Å². The molecule has 3 heterocycles. The monoisotopic (exact) mass is 383 g/mol. The zero-order chi connectivity index (χ0) is 20.1. The molecule has 3 rings (SSSR count). The average Bonchev–Trinajstić information content (AvgIpc) is 3.03. The number of aryl methyl sites for hydroxylation is 2. The second-order valence-electron chi connectivity index (χ2n) is 7.57. The number of aromatic nitrogens is 3. The number of amides is 2. The lowest BCUT2D eigenvalue weighted by molar-refractivity contribution is -0.142. The number of likely N-dealkylation sites (N-methyl/N-ethyl adjacent to an activating group) is 1. The Morgan fingerprint density at radius 1 is 1.32 bits per heavy atom. The number of aromatic amines is 1. The Kier molecular flexibility index (Phi) is 6.44. The summed E-state index contributed by atoms with van der Waals surface area (Å²) in [6, 6.07) is 5.79. The third-order valence-electron chi connectivity index (χ3n) is 5.57. The van der Waals surface area contributed by atoms with Crippen LogP contribution in [0.1, 0.15) is 35.5 Å². The van der Waals surface area contributed by atoms with Crippen LogP contribution in [-0.2, 0) is 22.4 Å². The van der Waals surface area contributed by atoms with Gasteiger partial charge in [-0.3, -0.25) is 19.7 Å². The van der Waals surface area contributed by atoms with E-state index in [1.54, 1.807) is 11.1 Å². The number of nitrogens with one attached hydrogen (secondary N) is 1. The van der Waals surface area contributed by atoms with Gasteiger partial charge in [-0.2, -0.15) is 5.10 Å². The first-order chi connectivity index (χ1) is 13.5. The minimum absolute atomic E-state index is 0.120. The maximum atomic E-state index is 12.9. The van der Waals surface area contributed by atoms with Crippen LogP contribution in [-0.4, -0.2) is 63.5 Å². The van der Waals surface area contributed by atoms with Gasteiger partial charge in [0.15, 0.2) is 0 Å². The van der Waals surface area contributed by atoms with Crippen LogP contribution in [0, 0.1) is 19.8 Å². The van der Waals surface area contributed by atoms with E-state index in [-0.39, 0.29) is 17.7 Å². The molecule has 1 fully saturated rings. The molecular formula is C21H29N5O2. The maximum Gasteiger partial charge on any atom is 0.227 e. The summed E-state index contributed by atoms with van der Waals surface area (Å²) in [6.07, 6.45) is 4.32. The van der Waals surface area contributed by atoms with E-state index in [2.05, 4.69) is 15.2 Å². The van der Waals surface area contributed by atoms with E-state index in [9.17, 15) is 9.59 Å². The average molecular weight is 383 g/mol. The number of hydrogen-bond acceptors (Lipinski definition) is 4. The highest BCUT2D eigenvalue weighted by Crippen LogP contribution is 2.20. The van der Waals surface area contributed by atoms with Gasteiger partial charge in [-0.15, -0.1) is 0 Å². The molecule has 1 N–H and O–H groups in total. The number of nitrogens with zero attached hydrogens (tertiary/aromatic N) is 4. The number of likely N-dealkylation sites (tertiary alicyclic amines) is 1. The summed E-state index contributed by atoms with van der Waals surface area (Å²) in [7, 11) is 1.85. The minimum atomic E-state index is -0.127. The zero-order valence-corrected chi connectivity index (χ0v) is 16.9. The molecule has 0 spiro atoms. The summed E-state index contributed by atoms with van der Waals surface area (Å²) in [6.45, 7) is 5.74. The number of H-pyrrole nitrogens is 1. The van der Waals surface area contributed by atoms with E-state index >= 15 is 0 Å². The lowest BCUT2D eigenvalue weighted by Crippen LogP contribution is -2.47. The van der Waals surface area contributed by atoms with Gasteiger partial charge < -0.3 is 9.80 Å². The number of carbonyl (C=O) groups excluding carboxylic acids is 2. The summed E-state index contributed by atoms with van der Waals surface area (Å²) < 4.78 is 0. The lowest BCUT2D eigenvalue weighted by atomic mass is 9.95. The minimum Gasteiger partial charge on any atom is -0.345 e.